The van der Waals surface area contributed by atoms with E-state index in [1.807, 2.05) is 31.2 Å². The summed E-state index contributed by atoms with van der Waals surface area (Å²) in [6, 6.07) is 7.70. The number of carbonyl (C=O) groups is 1. The predicted molar refractivity (Wildman–Crippen MR) is 71.3 cm³/mol. The molecular weight excluding hydrogens is 236 g/mol. The molecule has 0 saturated heterocycles. The summed E-state index contributed by atoms with van der Waals surface area (Å²) in [5.41, 5.74) is 1.14. The zero-order chi connectivity index (χ0) is 12.5. The predicted octanol–water partition coefficient (Wildman–Crippen LogP) is 2.00. The molecule has 0 bridgehead atoms. The monoisotopic (exact) mass is 254 g/mol. The Labute approximate surface area is 108 Å². The summed E-state index contributed by atoms with van der Waals surface area (Å²) < 4.78 is 0. The third-order valence-corrected chi connectivity index (χ3v) is 2.64. The zero-order valence-electron chi connectivity index (χ0n) is 10.1. The Balaban J connectivity index is 2.17. The van der Waals surface area contributed by atoms with Gasteiger partial charge in [-0.2, -0.15) is 0 Å². The fraction of sp³-hybridized carbons (Fsp3) is 0.462. The minimum Gasteiger partial charge on any atom is -0.356 e. The van der Waals surface area contributed by atoms with Gasteiger partial charge in [0.25, 0.3) is 0 Å². The maximum atomic E-state index is 11.4. The molecule has 0 heterocycles. The first-order chi connectivity index (χ1) is 8.22. The quantitative estimate of drug-likeness (QED) is 0.731. The average molecular weight is 255 g/mol. The fourth-order valence-electron chi connectivity index (χ4n) is 1.51. The third-order valence-electron chi connectivity index (χ3n) is 2.40. The van der Waals surface area contributed by atoms with E-state index in [9.17, 15) is 4.79 Å². The summed E-state index contributed by atoms with van der Waals surface area (Å²) in [7, 11) is 0. The molecule has 1 aromatic rings. The van der Waals surface area contributed by atoms with Crippen molar-refractivity contribution in [1.82, 2.24) is 10.6 Å². The van der Waals surface area contributed by atoms with Gasteiger partial charge in [0.1, 0.15) is 0 Å². The van der Waals surface area contributed by atoms with Gasteiger partial charge < -0.3 is 10.6 Å². The summed E-state index contributed by atoms with van der Waals surface area (Å²) in [4.78, 5) is 11.4. The highest BCUT2D eigenvalue weighted by Gasteiger charge is 2.00. The van der Waals surface area contributed by atoms with E-state index in [4.69, 9.17) is 11.6 Å². The lowest BCUT2D eigenvalue weighted by molar-refractivity contribution is -0.120. The largest absolute Gasteiger partial charge is 0.356 e. The number of rotatable bonds is 7. The normalized spacial score (nSPS) is 10.2. The molecule has 94 valence electrons. The topological polar surface area (TPSA) is 41.1 Å². The van der Waals surface area contributed by atoms with E-state index in [0.717, 1.165) is 30.1 Å². The maximum absolute atomic E-state index is 11.4. The number of nitrogens with one attached hydrogen (secondary N) is 2. The number of amides is 1. The fourth-order valence-corrected chi connectivity index (χ4v) is 1.72. The number of benzene rings is 1. The number of carbonyl (C=O) groups excluding carboxylic acids is 1. The molecular formula is C13H19ClN2O. The van der Waals surface area contributed by atoms with Gasteiger partial charge in [-0.15, -0.1) is 0 Å². The van der Waals surface area contributed by atoms with Crippen LogP contribution in [0.15, 0.2) is 24.3 Å². The second-order valence-corrected chi connectivity index (χ2v) is 4.27. The Morgan fingerprint density at radius 3 is 2.88 bits per heavy atom. The Bertz CT molecular complexity index is 355. The van der Waals surface area contributed by atoms with Crippen molar-refractivity contribution in [3.8, 4) is 0 Å². The molecule has 0 fully saturated rings. The van der Waals surface area contributed by atoms with Crippen LogP contribution in [-0.4, -0.2) is 25.5 Å². The minimum atomic E-state index is 0.0907. The number of hydrogen-bond acceptors (Lipinski definition) is 2. The van der Waals surface area contributed by atoms with Crippen molar-refractivity contribution in [3.05, 3.63) is 34.9 Å². The Morgan fingerprint density at radius 2 is 2.18 bits per heavy atom. The van der Waals surface area contributed by atoms with E-state index in [-0.39, 0.29) is 5.91 Å². The van der Waals surface area contributed by atoms with Gasteiger partial charge in [-0.3, -0.25) is 4.79 Å². The SMILES string of the molecule is CCNCCC(=O)NCCc1cccc(Cl)c1. The molecule has 1 rings (SSSR count). The van der Waals surface area contributed by atoms with Crippen molar-refractivity contribution in [2.75, 3.05) is 19.6 Å². The Kier molecular flexibility index (Phi) is 6.67. The van der Waals surface area contributed by atoms with Crippen LogP contribution in [0.3, 0.4) is 0 Å². The Morgan fingerprint density at radius 1 is 1.35 bits per heavy atom. The van der Waals surface area contributed by atoms with Crippen molar-refractivity contribution >= 4 is 17.5 Å². The molecule has 0 aliphatic carbocycles. The average Bonchev–Trinajstić information content (AvgIpc) is 2.29. The van der Waals surface area contributed by atoms with Gasteiger partial charge in [0.05, 0.1) is 0 Å². The van der Waals surface area contributed by atoms with Crippen molar-refractivity contribution in [1.29, 1.82) is 0 Å². The van der Waals surface area contributed by atoms with Crippen LogP contribution in [0.1, 0.15) is 18.9 Å². The molecule has 0 radical (unpaired) electrons. The lowest BCUT2D eigenvalue weighted by atomic mass is 10.1. The summed E-state index contributed by atoms with van der Waals surface area (Å²) in [6.07, 6.45) is 1.34. The molecule has 2 N–H and O–H groups in total. The number of halogens is 1. The van der Waals surface area contributed by atoms with Gasteiger partial charge in [-0.05, 0) is 30.7 Å². The molecule has 4 heteroatoms. The van der Waals surface area contributed by atoms with E-state index in [2.05, 4.69) is 10.6 Å². The van der Waals surface area contributed by atoms with Crippen LogP contribution in [0, 0.1) is 0 Å². The third kappa shape index (κ3) is 6.29. The maximum Gasteiger partial charge on any atom is 0.221 e. The standard InChI is InChI=1S/C13H19ClN2O/c1-2-15-8-7-13(17)16-9-6-11-4-3-5-12(14)10-11/h3-5,10,15H,2,6-9H2,1H3,(H,16,17). The molecule has 0 spiro atoms. The van der Waals surface area contributed by atoms with Gasteiger partial charge >= 0.3 is 0 Å². The molecule has 1 aromatic carbocycles. The van der Waals surface area contributed by atoms with Gasteiger partial charge in [0.2, 0.25) is 5.91 Å². The van der Waals surface area contributed by atoms with Crippen LogP contribution in [-0.2, 0) is 11.2 Å². The first-order valence-corrected chi connectivity index (χ1v) is 6.32. The highest BCUT2D eigenvalue weighted by Crippen LogP contribution is 2.10. The lowest BCUT2D eigenvalue weighted by Crippen LogP contribution is -2.29. The van der Waals surface area contributed by atoms with E-state index in [1.165, 1.54) is 0 Å². The van der Waals surface area contributed by atoms with E-state index < -0.39 is 0 Å². The second-order valence-electron chi connectivity index (χ2n) is 3.83. The first-order valence-electron chi connectivity index (χ1n) is 5.94. The molecule has 0 aromatic heterocycles. The molecule has 1 amide bonds. The first kappa shape index (κ1) is 14.0. The molecule has 0 aliphatic heterocycles. The van der Waals surface area contributed by atoms with Crippen LogP contribution in [0.5, 0.6) is 0 Å². The van der Waals surface area contributed by atoms with Crippen LogP contribution in [0.25, 0.3) is 0 Å². The van der Waals surface area contributed by atoms with Crippen LogP contribution in [0.4, 0.5) is 0 Å². The van der Waals surface area contributed by atoms with Crippen LogP contribution >= 0.6 is 11.6 Å². The van der Waals surface area contributed by atoms with Gasteiger partial charge in [-0.1, -0.05) is 30.7 Å². The molecule has 3 nitrogen and oxygen atoms in total. The summed E-state index contributed by atoms with van der Waals surface area (Å²) in [5.74, 6) is 0.0907. The van der Waals surface area contributed by atoms with Gasteiger partial charge in [0.15, 0.2) is 0 Å². The van der Waals surface area contributed by atoms with Crippen LogP contribution in [0.2, 0.25) is 5.02 Å². The van der Waals surface area contributed by atoms with Crippen molar-refractivity contribution in [2.45, 2.75) is 19.8 Å². The Hall–Kier alpha value is -1.06. The molecule has 0 aliphatic rings. The summed E-state index contributed by atoms with van der Waals surface area (Å²) in [5, 5.41) is 6.74. The summed E-state index contributed by atoms with van der Waals surface area (Å²) >= 11 is 5.88. The van der Waals surface area contributed by atoms with E-state index in [0.29, 0.717) is 13.0 Å². The van der Waals surface area contributed by atoms with Gasteiger partial charge in [-0.25, -0.2) is 0 Å². The molecule has 0 atom stereocenters. The highest BCUT2D eigenvalue weighted by molar-refractivity contribution is 6.30. The molecule has 17 heavy (non-hydrogen) atoms. The lowest BCUT2D eigenvalue weighted by Gasteiger charge is -2.06. The second kappa shape index (κ2) is 8.09. The van der Waals surface area contributed by atoms with Crippen molar-refractivity contribution in [2.24, 2.45) is 0 Å². The summed E-state index contributed by atoms with van der Waals surface area (Å²) in [6.45, 7) is 4.32. The zero-order valence-corrected chi connectivity index (χ0v) is 10.9. The minimum absolute atomic E-state index is 0.0907. The van der Waals surface area contributed by atoms with Crippen molar-refractivity contribution in [3.63, 3.8) is 0 Å². The molecule has 0 unspecified atom stereocenters. The molecule has 0 saturated carbocycles. The van der Waals surface area contributed by atoms with Gasteiger partial charge in [0, 0.05) is 24.5 Å². The highest BCUT2D eigenvalue weighted by atomic mass is 35.5. The smallest absolute Gasteiger partial charge is 0.221 e. The van der Waals surface area contributed by atoms with Crippen molar-refractivity contribution < 1.29 is 4.79 Å². The number of hydrogen-bond donors (Lipinski definition) is 2. The van der Waals surface area contributed by atoms with E-state index in [1.54, 1.807) is 0 Å². The van der Waals surface area contributed by atoms with Crippen LogP contribution < -0.4 is 10.6 Å². The van der Waals surface area contributed by atoms with E-state index >= 15 is 0 Å².